The van der Waals surface area contributed by atoms with Crippen LogP contribution in [0.4, 0.5) is 0 Å². The molecule has 1 aliphatic heterocycles. The van der Waals surface area contributed by atoms with Crippen LogP contribution in [0, 0.1) is 6.92 Å². The van der Waals surface area contributed by atoms with Crippen molar-refractivity contribution < 1.29 is 9.53 Å². The molecule has 3 heteroatoms. The zero-order valence-corrected chi connectivity index (χ0v) is 9.40. The summed E-state index contributed by atoms with van der Waals surface area (Å²) in [4.78, 5) is 14.7. The van der Waals surface area contributed by atoms with Crippen LogP contribution < -0.4 is 0 Å². The zero-order chi connectivity index (χ0) is 11.4. The molecule has 0 bridgehead atoms. The Kier molecular flexibility index (Phi) is 3.18. The first-order chi connectivity index (χ1) is 7.78. The van der Waals surface area contributed by atoms with E-state index in [4.69, 9.17) is 4.74 Å². The molecule has 0 spiro atoms. The Hall–Kier alpha value is -1.44. The number of hydrogen-bond donors (Lipinski definition) is 0. The molecule has 3 nitrogen and oxygen atoms in total. The van der Waals surface area contributed by atoms with Gasteiger partial charge in [-0.2, -0.15) is 4.99 Å². The number of ether oxygens (including phenoxy) is 1. The van der Waals surface area contributed by atoms with Crippen LogP contribution in [0.25, 0.3) is 0 Å². The summed E-state index contributed by atoms with van der Waals surface area (Å²) in [6, 6.07) is 8.07. The normalized spacial score (nSPS) is 18.8. The Morgan fingerprint density at radius 2 is 2.00 bits per heavy atom. The summed E-state index contributed by atoms with van der Waals surface area (Å²) < 4.78 is 5.34. The molecule has 0 atom stereocenters. The molecule has 16 heavy (non-hydrogen) atoms. The highest BCUT2D eigenvalue weighted by atomic mass is 16.5. The van der Waals surface area contributed by atoms with Crippen molar-refractivity contribution >= 4 is 6.08 Å². The second-order valence-electron chi connectivity index (χ2n) is 4.16. The van der Waals surface area contributed by atoms with Crippen molar-refractivity contribution in [3.63, 3.8) is 0 Å². The SMILES string of the molecule is Cc1ccccc1C1(N=C=O)CCOCC1. The van der Waals surface area contributed by atoms with Crippen molar-refractivity contribution in [2.75, 3.05) is 13.2 Å². The minimum absolute atomic E-state index is 0.411. The van der Waals surface area contributed by atoms with Crippen LogP contribution in [0.1, 0.15) is 24.0 Å². The van der Waals surface area contributed by atoms with Gasteiger partial charge in [-0.3, -0.25) is 0 Å². The monoisotopic (exact) mass is 217 g/mol. The second kappa shape index (κ2) is 4.60. The van der Waals surface area contributed by atoms with Gasteiger partial charge in [0.15, 0.2) is 0 Å². The third-order valence-electron chi connectivity index (χ3n) is 3.23. The minimum atomic E-state index is -0.411. The van der Waals surface area contributed by atoms with Gasteiger partial charge in [-0.25, -0.2) is 4.79 Å². The molecule has 0 radical (unpaired) electrons. The molecule has 1 aromatic carbocycles. The molecule has 1 aromatic rings. The Morgan fingerprint density at radius 1 is 1.31 bits per heavy atom. The quantitative estimate of drug-likeness (QED) is 0.563. The predicted molar refractivity (Wildman–Crippen MR) is 61.0 cm³/mol. The molecule has 0 saturated carbocycles. The standard InChI is InChI=1S/C13H15NO2/c1-11-4-2-3-5-12(11)13(14-10-15)6-8-16-9-7-13/h2-5H,6-9H2,1H3. The average Bonchev–Trinajstić information content (AvgIpc) is 2.31. The van der Waals surface area contributed by atoms with Crippen molar-refractivity contribution in [1.82, 2.24) is 0 Å². The Morgan fingerprint density at radius 3 is 2.62 bits per heavy atom. The van der Waals surface area contributed by atoms with Gasteiger partial charge in [-0.15, -0.1) is 0 Å². The van der Waals surface area contributed by atoms with Crippen molar-refractivity contribution in [2.24, 2.45) is 4.99 Å². The van der Waals surface area contributed by atoms with E-state index in [2.05, 4.69) is 4.99 Å². The van der Waals surface area contributed by atoms with E-state index in [0.717, 1.165) is 18.4 Å². The van der Waals surface area contributed by atoms with E-state index in [1.807, 2.05) is 31.2 Å². The highest BCUT2D eigenvalue weighted by Gasteiger charge is 2.35. The van der Waals surface area contributed by atoms with Gasteiger partial charge in [-0.05, 0) is 18.1 Å². The van der Waals surface area contributed by atoms with E-state index >= 15 is 0 Å². The molecule has 0 N–H and O–H groups in total. The Labute approximate surface area is 95.2 Å². The molecule has 1 aliphatic rings. The summed E-state index contributed by atoms with van der Waals surface area (Å²) in [6.45, 7) is 3.35. The average molecular weight is 217 g/mol. The lowest BCUT2D eigenvalue weighted by molar-refractivity contribution is 0.0529. The van der Waals surface area contributed by atoms with Gasteiger partial charge >= 0.3 is 0 Å². The van der Waals surface area contributed by atoms with Gasteiger partial charge in [0.1, 0.15) is 5.54 Å². The fraction of sp³-hybridized carbons (Fsp3) is 0.462. The van der Waals surface area contributed by atoms with E-state index in [1.165, 1.54) is 5.56 Å². The maximum Gasteiger partial charge on any atom is 0.235 e. The molecule has 0 unspecified atom stereocenters. The van der Waals surface area contributed by atoms with E-state index in [-0.39, 0.29) is 0 Å². The molecule has 1 saturated heterocycles. The van der Waals surface area contributed by atoms with Crippen molar-refractivity contribution in [1.29, 1.82) is 0 Å². The number of aliphatic imine (C=N–C) groups is 1. The van der Waals surface area contributed by atoms with Gasteiger partial charge in [-0.1, -0.05) is 24.3 Å². The van der Waals surface area contributed by atoms with Crippen LogP contribution in [0.2, 0.25) is 0 Å². The predicted octanol–water partition coefficient (Wildman–Crippen LogP) is 2.34. The van der Waals surface area contributed by atoms with Gasteiger partial charge < -0.3 is 4.74 Å². The lowest BCUT2D eigenvalue weighted by atomic mass is 9.81. The van der Waals surface area contributed by atoms with E-state index in [9.17, 15) is 4.79 Å². The first-order valence-corrected chi connectivity index (χ1v) is 5.51. The molecule has 2 rings (SSSR count). The van der Waals surface area contributed by atoms with Gasteiger partial charge in [0.05, 0.1) is 0 Å². The Balaban J connectivity index is 2.46. The topological polar surface area (TPSA) is 38.7 Å². The maximum absolute atomic E-state index is 10.6. The maximum atomic E-state index is 10.6. The van der Waals surface area contributed by atoms with E-state index < -0.39 is 5.54 Å². The van der Waals surface area contributed by atoms with Crippen LogP contribution in [0.5, 0.6) is 0 Å². The minimum Gasteiger partial charge on any atom is -0.381 e. The lowest BCUT2D eigenvalue weighted by Gasteiger charge is -2.33. The number of rotatable bonds is 2. The second-order valence-corrected chi connectivity index (χ2v) is 4.16. The summed E-state index contributed by atoms with van der Waals surface area (Å²) in [5.41, 5.74) is 1.88. The molecule has 0 aliphatic carbocycles. The van der Waals surface area contributed by atoms with Crippen LogP contribution in [-0.2, 0) is 15.1 Å². The highest BCUT2D eigenvalue weighted by molar-refractivity contribution is 5.41. The fourth-order valence-corrected chi connectivity index (χ4v) is 2.33. The number of hydrogen-bond acceptors (Lipinski definition) is 3. The molecule has 0 aromatic heterocycles. The summed E-state index contributed by atoms with van der Waals surface area (Å²) in [5, 5.41) is 0. The number of aryl methyl sites for hydroxylation is 1. The zero-order valence-electron chi connectivity index (χ0n) is 9.40. The third-order valence-corrected chi connectivity index (χ3v) is 3.23. The van der Waals surface area contributed by atoms with Crippen LogP contribution >= 0.6 is 0 Å². The van der Waals surface area contributed by atoms with Crippen LogP contribution in [0.15, 0.2) is 29.3 Å². The van der Waals surface area contributed by atoms with Gasteiger partial charge in [0, 0.05) is 26.1 Å². The number of carbonyl (C=O) groups excluding carboxylic acids is 1. The summed E-state index contributed by atoms with van der Waals surface area (Å²) in [6.07, 6.45) is 3.24. The first-order valence-electron chi connectivity index (χ1n) is 5.51. The summed E-state index contributed by atoms with van der Waals surface area (Å²) in [5.74, 6) is 0. The third kappa shape index (κ3) is 1.92. The van der Waals surface area contributed by atoms with E-state index in [1.54, 1.807) is 6.08 Å². The summed E-state index contributed by atoms with van der Waals surface area (Å²) >= 11 is 0. The smallest absolute Gasteiger partial charge is 0.235 e. The first kappa shape index (κ1) is 11.1. The molecule has 84 valence electrons. The molecule has 1 heterocycles. The van der Waals surface area contributed by atoms with Crippen LogP contribution in [-0.4, -0.2) is 19.3 Å². The number of nitrogens with zero attached hydrogens (tertiary/aromatic N) is 1. The van der Waals surface area contributed by atoms with Crippen molar-refractivity contribution in [3.8, 4) is 0 Å². The van der Waals surface area contributed by atoms with Crippen molar-refractivity contribution in [2.45, 2.75) is 25.3 Å². The highest BCUT2D eigenvalue weighted by Crippen LogP contribution is 2.37. The fourth-order valence-electron chi connectivity index (χ4n) is 2.33. The number of benzene rings is 1. The molecular weight excluding hydrogens is 202 g/mol. The number of isocyanates is 1. The Bertz CT molecular complexity index is 416. The largest absolute Gasteiger partial charge is 0.381 e. The molecule has 1 fully saturated rings. The van der Waals surface area contributed by atoms with Gasteiger partial charge in [0.2, 0.25) is 6.08 Å². The summed E-state index contributed by atoms with van der Waals surface area (Å²) in [7, 11) is 0. The molecule has 0 amide bonds. The van der Waals surface area contributed by atoms with Gasteiger partial charge in [0.25, 0.3) is 0 Å². The van der Waals surface area contributed by atoms with E-state index in [0.29, 0.717) is 13.2 Å². The lowest BCUT2D eigenvalue weighted by Crippen LogP contribution is -2.32. The van der Waals surface area contributed by atoms with Crippen molar-refractivity contribution in [3.05, 3.63) is 35.4 Å². The molecular formula is C13H15NO2. The van der Waals surface area contributed by atoms with Crippen LogP contribution in [0.3, 0.4) is 0 Å².